The van der Waals surface area contributed by atoms with Crippen molar-refractivity contribution in [3.63, 3.8) is 0 Å². The topological polar surface area (TPSA) is 20.3 Å². The van der Waals surface area contributed by atoms with Gasteiger partial charge in [0.05, 0.1) is 4.83 Å². The number of rotatable bonds is 3. The molecule has 1 aliphatic heterocycles. The van der Waals surface area contributed by atoms with Crippen molar-refractivity contribution in [3.05, 3.63) is 65.5 Å². The number of amides is 1. The summed E-state index contributed by atoms with van der Waals surface area (Å²) in [6.07, 6.45) is 1.21. The molecule has 2 nitrogen and oxygen atoms in total. The number of carbonyl (C=O) groups is 1. The van der Waals surface area contributed by atoms with Gasteiger partial charge in [-0.05, 0) is 43.0 Å². The van der Waals surface area contributed by atoms with E-state index in [4.69, 9.17) is 0 Å². The van der Waals surface area contributed by atoms with Gasteiger partial charge in [0.15, 0.2) is 0 Å². The zero-order valence-corrected chi connectivity index (χ0v) is 13.9. The Kier molecular flexibility index (Phi) is 4.30. The molecule has 1 amide bonds. The highest BCUT2D eigenvalue weighted by Crippen LogP contribution is 2.33. The largest absolute Gasteiger partial charge is 0.308 e. The summed E-state index contributed by atoms with van der Waals surface area (Å²) >= 11 is 3.45. The number of hydrogen-bond acceptors (Lipinski definition) is 1. The Hall–Kier alpha value is -1.68. The molecule has 0 radical (unpaired) electrons. The first-order valence-electron chi connectivity index (χ1n) is 7.36. The van der Waals surface area contributed by atoms with Gasteiger partial charge in [-0.1, -0.05) is 52.3 Å². The molecule has 0 saturated heterocycles. The molecule has 3 rings (SSSR count). The number of benzene rings is 2. The molecule has 2 aromatic carbocycles. The van der Waals surface area contributed by atoms with Crippen molar-refractivity contribution in [1.29, 1.82) is 0 Å². The quantitative estimate of drug-likeness (QED) is 0.753. The summed E-state index contributed by atoms with van der Waals surface area (Å²) in [5, 5.41) is 0. The fraction of sp³-hybridized carbons (Fsp3) is 0.278. The lowest BCUT2D eigenvalue weighted by Crippen LogP contribution is -2.41. The summed E-state index contributed by atoms with van der Waals surface area (Å²) < 4.78 is 13.8. The van der Waals surface area contributed by atoms with Crippen molar-refractivity contribution in [1.82, 2.24) is 0 Å². The summed E-state index contributed by atoms with van der Waals surface area (Å²) in [5.74, 6) is -0.282. The third-order valence-corrected chi connectivity index (χ3v) is 4.79. The first-order chi connectivity index (χ1) is 10.6. The Morgan fingerprint density at radius 3 is 2.73 bits per heavy atom. The monoisotopic (exact) mass is 361 g/mol. The van der Waals surface area contributed by atoms with Crippen molar-refractivity contribution >= 4 is 27.5 Å². The Morgan fingerprint density at radius 2 is 1.95 bits per heavy atom. The van der Waals surface area contributed by atoms with Gasteiger partial charge in [-0.25, -0.2) is 4.39 Å². The van der Waals surface area contributed by atoms with Crippen LogP contribution in [0, 0.1) is 5.82 Å². The van der Waals surface area contributed by atoms with E-state index in [1.54, 1.807) is 18.2 Å². The second kappa shape index (κ2) is 6.21. The van der Waals surface area contributed by atoms with Crippen LogP contribution in [-0.2, 0) is 17.6 Å². The maximum absolute atomic E-state index is 13.8. The van der Waals surface area contributed by atoms with E-state index < -0.39 is 4.83 Å². The molecule has 2 aromatic rings. The summed E-state index contributed by atoms with van der Waals surface area (Å²) in [7, 11) is 0. The van der Waals surface area contributed by atoms with Gasteiger partial charge in [0.1, 0.15) is 5.82 Å². The third kappa shape index (κ3) is 2.80. The van der Waals surface area contributed by atoms with Gasteiger partial charge in [-0.15, -0.1) is 0 Å². The van der Waals surface area contributed by atoms with Crippen LogP contribution >= 0.6 is 15.9 Å². The van der Waals surface area contributed by atoms with E-state index in [2.05, 4.69) is 22.0 Å². The van der Waals surface area contributed by atoms with Crippen molar-refractivity contribution in [2.75, 3.05) is 4.90 Å². The average molecular weight is 362 g/mol. The van der Waals surface area contributed by atoms with E-state index in [1.807, 2.05) is 30.0 Å². The zero-order valence-electron chi connectivity index (χ0n) is 12.3. The number of hydrogen-bond donors (Lipinski definition) is 0. The van der Waals surface area contributed by atoms with Crippen molar-refractivity contribution in [3.8, 4) is 0 Å². The molecule has 1 heterocycles. The third-order valence-electron chi connectivity index (χ3n) is 4.07. The van der Waals surface area contributed by atoms with Gasteiger partial charge in [0.2, 0.25) is 5.91 Å². The van der Waals surface area contributed by atoms with Crippen LogP contribution in [0.3, 0.4) is 0 Å². The van der Waals surface area contributed by atoms with E-state index in [1.165, 1.54) is 11.6 Å². The van der Waals surface area contributed by atoms with Gasteiger partial charge in [0.25, 0.3) is 0 Å². The minimum Gasteiger partial charge on any atom is -0.308 e. The van der Waals surface area contributed by atoms with Crippen LogP contribution in [0.1, 0.15) is 18.1 Å². The predicted molar refractivity (Wildman–Crippen MR) is 89.9 cm³/mol. The van der Waals surface area contributed by atoms with Crippen molar-refractivity contribution < 1.29 is 9.18 Å². The van der Waals surface area contributed by atoms with Gasteiger partial charge < -0.3 is 4.90 Å². The van der Waals surface area contributed by atoms with Crippen LogP contribution < -0.4 is 4.90 Å². The molecule has 22 heavy (non-hydrogen) atoms. The molecule has 1 aliphatic rings. The molecule has 0 fully saturated rings. The second-order valence-corrected chi connectivity index (χ2v) is 6.76. The zero-order chi connectivity index (χ0) is 15.7. The molecule has 0 spiro atoms. The van der Waals surface area contributed by atoms with Crippen LogP contribution in [0.15, 0.2) is 48.5 Å². The first kappa shape index (κ1) is 15.2. The number of halogens is 2. The second-order valence-electron chi connectivity index (χ2n) is 5.65. The minimum absolute atomic E-state index is 0.0132. The van der Waals surface area contributed by atoms with E-state index in [9.17, 15) is 9.18 Å². The lowest BCUT2D eigenvalue weighted by molar-refractivity contribution is -0.118. The Morgan fingerprint density at radius 1 is 1.27 bits per heavy atom. The lowest BCUT2D eigenvalue weighted by atomic mass is 10.1. The molecular weight excluding hydrogens is 345 g/mol. The molecule has 114 valence electrons. The molecule has 2 atom stereocenters. The predicted octanol–water partition coefficient (Wildman–Crippen LogP) is 4.11. The number of para-hydroxylation sites is 1. The highest BCUT2D eigenvalue weighted by Gasteiger charge is 2.33. The van der Waals surface area contributed by atoms with E-state index in [0.717, 1.165) is 12.1 Å². The molecule has 2 unspecified atom stereocenters. The molecule has 0 bridgehead atoms. The molecule has 0 aromatic heterocycles. The Balaban J connectivity index is 1.81. The summed E-state index contributed by atoms with van der Waals surface area (Å²) in [6, 6.07) is 14.7. The maximum Gasteiger partial charge on any atom is 0.241 e. The Labute approximate surface area is 138 Å². The van der Waals surface area contributed by atoms with E-state index in [-0.39, 0.29) is 17.8 Å². The van der Waals surface area contributed by atoms with Crippen LogP contribution in [-0.4, -0.2) is 16.8 Å². The van der Waals surface area contributed by atoms with Crippen LogP contribution in [0.2, 0.25) is 0 Å². The number of anilines is 1. The average Bonchev–Trinajstić information content (AvgIpc) is 2.84. The van der Waals surface area contributed by atoms with Gasteiger partial charge >= 0.3 is 0 Å². The Bertz CT molecular complexity index is 703. The first-order valence-corrected chi connectivity index (χ1v) is 8.28. The standard InChI is InChI=1S/C18H17BrFNO/c1-12-10-14-7-3-5-9-17(14)21(12)18(22)15(19)11-13-6-2-4-8-16(13)20/h2-9,12,15H,10-11H2,1H3. The van der Waals surface area contributed by atoms with E-state index in [0.29, 0.717) is 12.0 Å². The fourth-order valence-corrected chi connectivity index (χ4v) is 3.57. The summed E-state index contributed by atoms with van der Waals surface area (Å²) in [6.45, 7) is 2.04. The van der Waals surface area contributed by atoms with E-state index >= 15 is 0 Å². The van der Waals surface area contributed by atoms with Gasteiger partial charge in [-0.2, -0.15) is 0 Å². The van der Waals surface area contributed by atoms with Gasteiger partial charge in [0, 0.05) is 11.7 Å². The maximum atomic E-state index is 13.8. The minimum atomic E-state index is -0.432. The molecule has 0 N–H and O–H groups in total. The molecule has 4 heteroatoms. The molecule has 0 saturated carbocycles. The lowest BCUT2D eigenvalue weighted by Gasteiger charge is -2.25. The normalized spacial score (nSPS) is 18.1. The number of fused-ring (bicyclic) bond motifs is 1. The van der Waals surface area contributed by atoms with Crippen LogP contribution in [0.4, 0.5) is 10.1 Å². The van der Waals surface area contributed by atoms with Crippen molar-refractivity contribution in [2.24, 2.45) is 0 Å². The molecular formula is C18H17BrFNO. The van der Waals surface area contributed by atoms with Crippen LogP contribution in [0.25, 0.3) is 0 Å². The smallest absolute Gasteiger partial charge is 0.241 e. The SMILES string of the molecule is CC1Cc2ccccc2N1C(=O)C(Br)Cc1ccccc1F. The summed E-state index contributed by atoms with van der Waals surface area (Å²) in [5.41, 5.74) is 2.71. The fourth-order valence-electron chi connectivity index (χ4n) is 3.00. The number of alkyl halides is 1. The van der Waals surface area contributed by atoms with Gasteiger partial charge in [-0.3, -0.25) is 4.79 Å². The number of carbonyl (C=O) groups excluding carboxylic acids is 1. The summed E-state index contributed by atoms with van der Waals surface area (Å²) in [4.78, 5) is 14.2. The highest BCUT2D eigenvalue weighted by molar-refractivity contribution is 9.10. The van der Waals surface area contributed by atoms with Crippen molar-refractivity contribution in [2.45, 2.75) is 30.6 Å². The molecule has 0 aliphatic carbocycles. The van der Waals surface area contributed by atoms with Crippen LogP contribution in [0.5, 0.6) is 0 Å². The number of nitrogens with zero attached hydrogens (tertiary/aromatic N) is 1. The highest BCUT2D eigenvalue weighted by atomic mass is 79.9.